The zero-order valence-electron chi connectivity index (χ0n) is 30.6. The van der Waals surface area contributed by atoms with Crippen molar-refractivity contribution < 1.29 is 10.0 Å². The van der Waals surface area contributed by atoms with Gasteiger partial charge < -0.3 is 10.4 Å². The monoisotopic (exact) mass is 705 g/mol. The summed E-state index contributed by atoms with van der Waals surface area (Å²) in [6, 6.07) is 25.5. The number of thiophene rings is 1. The molecule has 1 saturated heterocycles. The van der Waals surface area contributed by atoms with Crippen LogP contribution in [0.5, 0.6) is 0 Å². The van der Waals surface area contributed by atoms with E-state index < -0.39 is 0 Å². The molecular weight excluding hydrogens is 647 g/mol. The fourth-order valence-corrected chi connectivity index (χ4v) is 7.64. The van der Waals surface area contributed by atoms with Crippen molar-refractivity contribution >= 4 is 39.6 Å². The molecule has 268 valence electrons. The van der Waals surface area contributed by atoms with Crippen molar-refractivity contribution in [1.82, 2.24) is 10.2 Å². The van der Waals surface area contributed by atoms with E-state index in [1.165, 1.54) is 40.5 Å². The van der Waals surface area contributed by atoms with Gasteiger partial charge in [0.1, 0.15) is 0 Å². The lowest BCUT2D eigenvalue weighted by molar-refractivity contribution is -0.387. The van der Waals surface area contributed by atoms with Gasteiger partial charge in [-0.1, -0.05) is 95.6 Å². The molecule has 0 amide bonds. The first-order valence-electron chi connectivity index (χ1n) is 17.8. The first-order chi connectivity index (χ1) is 24.0. The minimum Gasteiger partial charge on any atom is -0.396 e. The average Bonchev–Trinajstić information content (AvgIpc) is 3.69. The fourth-order valence-electron chi connectivity index (χ4n) is 5.47. The highest BCUT2D eigenvalue weighted by Crippen LogP contribution is 2.43. The Bertz CT molecular complexity index is 1450. The summed E-state index contributed by atoms with van der Waals surface area (Å²) in [6.07, 6.45) is 14.6. The number of nitro groups is 1. The molecule has 2 unspecified atom stereocenters. The standard InChI is InChI=1S/C19H24N2O2S2.C16H21NO.2C2H6.C2H2/c1-2-17(19-7-6-12-24-19)25-18-9-8-15(13-16(18)21(22)23)14-20-10-4-3-5-11-20;1-13(17-9-4-10-18)11-14-7-8-15-5-2-3-6-16(15)12-14;3*1-2/h6-9,12-13,17H,2-5,10-11,14H2,1H3;2-3,5-8,12-13,17-18H,4,9-11H2,1H3;2*1-2H3;1-2H. The molecule has 3 aromatic carbocycles. The maximum atomic E-state index is 11.6. The van der Waals surface area contributed by atoms with Crippen LogP contribution in [0.3, 0.4) is 0 Å². The number of nitrogens with one attached hydrogen (secondary N) is 1. The van der Waals surface area contributed by atoms with Crippen LogP contribution in [0.1, 0.15) is 94.9 Å². The van der Waals surface area contributed by atoms with Crippen molar-refractivity contribution in [3.63, 3.8) is 0 Å². The Labute approximate surface area is 304 Å². The Kier molecular flexibility index (Phi) is 23.8. The molecule has 0 aliphatic carbocycles. The summed E-state index contributed by atoms with van der Waals surface area (Å²) in [5.74, 6) is 0. The van der Waals surface area contributed by atoms with Gasteiger partial charge in [0, 0.05) is 35.4 Å². The van der Waals surface area contributed by atoms with E-state index in [0.717, 1.165) is 55.9 Å². The molecule has 5 rings (SSSR count). The summed E-state index contributed by atoms with van der Waals surface area (Å²) in [5.41, 5.74) is 2.65. The van der Waals surface area contributed by atoms with E-state index in [0.29, 0.717) is 6.04 Å². The molecule has 8 heteroatoms. The molecule has 1 aliphatic rings. The number of thioether (sulfide) groups is 1. The lowest BCUT2D eigenvalue weighted by atomic mass is 10.0. The minimum absolute atomic E-state index is 0.233. The number of rotatable bonds is 13. The number of aliphatic hydroxyl groups is 1. The third-order valence-electron chi connectivity index (χ3n) is 7.76. The number of fused-ring (bicyclic) bond motifs is 1. The van der Waals surface area contributed by atoms with Crippen molar-refractivity contribution in [2.75, 3.05) is 26.2 Å². The van der Waals surface area contributed by atoms with Gasteiger partial charge in [-0.25, -0.2) is 0 Å². The SMILES string of the molecule is C#C.CC.CC.CC(Cc1ccc2ccccc2c1)NCCCO.CCC(Sc1ccc(CN2CCCCC2)cc1[N+](=O)[O-])c1cccs1. The molecule has 1 fully saturated rings. The predicted molar refractivity (Wildman–Crippen MR) is 215 cm³/mol. The Morgan fingerprint density at radius 2 is 1.61 bits per heavy atom. The maximum Gasteiger partial charge on any atom is 0.283 e. The van der Waals surface area contributed by atoms with E-state index in [4.69, 9.17) is 5.11 Å². The van der Waals surface area contributed by atoms with E-state index >= 15 is 0 Å². The van der Waals surface area contributed by atoms with Crippen LogP contribution in [0.25, 0.3) is 10.8 Å². The highest BCUT2D eigenvalue weighted by atomic mass is 32.2. The molecular formula is C41H59N3O3S2. The molecule has 0 bridgehead atoms. The van der Waals surface area contributed by atoms with Crippen molar-refractivity contribution in [2.45, 2.75) is 103 Å². The number of nitro benzene ring substituents is 1. The van der Waals surface area contributed by atoms with Crippen molar-refractivity contribution in [3.05, 3.63) is 104 Å². The van der Waals surface area contributed by atoms with Crippen LogP contribution in [-0.2, 0) is 13.0 Å². The molecule has 0 saturated carbocycles. The van der Waals surface area contributed by atoms with Crippen LogP contribution in [0.2, 0.25) is 0 Å². The molecule has 49 heavy (non-hydrogen) atoms. The Morgan fingerprint density at radius 3 is 2.22 bits per heavy atom. The molecule has 0 radical (unpaired) electrons. The third-order valence-corrected chi connectivity index (χ3v) is 10.4. The third kappa shape index (κ3) is 15.9. The predicted octanol–water partition coefficient (Wildman–Crippen LogP) is 10.9. The van der Waals surface area contributed by atoms with Gasteiger partial charge in [-0.3, -0.25) is 15.0 Å². The van der Waals surface area contributed by atoms with Crippen molar-refractivity contribution in [2.24, 2.45) is 0 Å². The summed E-state index contributed by atoms with van der Waals surface area (Å²) in [6.45, 7) is 16.5. The normalized spacial score (nSPS) is 13.5. The summed E-state index contributed by atoms with van der Waals surface area (Å²) in [5, 5.41) is 28.7. The van der Waals surface area contributed by atoms with Crippen LogP contribution in [0, 0.1) is 23.0 Å². The first-order valence-corrected chi connectivity index (χ1v) is 19.6. The Morgan fingerprint density at radius 1 is 0.939 bits per heavy atom. The molecule has 6 nitrogen and oxygen atoms in total. The molecule has 2 atom stereocenters. The van der Waals surface area contributed by atoms with E-state index in [1.807, 2.05) is 39.8 Å². The molecule has 0 spiro atoms. The summed E-state index contributed by atoms with van der Waals surface area (Å²) in [4.78, 5) is 15.8. The van der Waals surface area contributed by atoms with E-state index in [9.17, 15) is 10.1 Å². The maximum absolute atomic E-state index is 11.6. The smallest absolute Gasteiger partial charge is 0.283 e. The first kappa shape index (κ1) is 43.8. The van der Waals surface area contributed by atoms with E-state index in [2.05, 4.69) is 96.9 Å². The molecule has 4 aromatic rings. The number of terminal acetylenes is 1. The molecule has 1 aliphatic heterocycles. The van der Waals surface area contributed by atoms with Gasteiger partial charge in [0.05, 0.1) is 9.82 Å². The van der Waals surface area contributed by atoms with Gasteiger partial charge in [0.25, 0.3) is 5.69 Å². The van der Waals surface area contributed by atoms with Gasteiger partial charge in [-0.05, 0) is 98.1 Å². The number of hydrogen-bond acceptors (Lipinski definition) is 7. The average molecular weight is 706 g/mol. The molecule has 2 N–H and O–H groups in total. The van der Waals surface area contributed by atoms with Crippen LogP contribution in [0.4, 0.5) is 5.69 Å². The van der Waals surface area contributed by atoms with Gasteiger partial charge in [-0.15, -0.1) is 35.9 Å². The highest BCUT2D eigenvalue weighted by Gasteiger charge is 2.21. The van der Waals surface area contributed by atoms with E-state index in [-0.39, 0.29) is 22.5 Å². The Balaban J connectivity index is 0.000000441. The zero-order chi connectivity index (χ0) is 36.4. The largest absolute Gasteiger partial charge is 0.396 e. The van der Waals surface area contributed by atoms with Crippen LogP contribution < -0.4 is 5.32 Å². The number of hydrogen-bond donors (Lipinski definition) is 2. The molecule has 2 heterocycles. The Hall–Kier alpha value is -3.19. The number of nitrogens with zero attached hydrogens (tertiary/aromatic N) is 2. The van der Waals surface area contributed by atoms with Crippen molar-refractivity contribution in [3.8, 4) is 12.8 Å². The summed E-state index contributed by atoms with van der Waals surface area (Å²) in [7, 11) is 0. The zero-order valence-corrected chi connectivity index (χ0v) is 32.2. The van der Waals surface area contributed by atoms with Crippen molar-refractivity contribution in [1.29, 1.82) is 0 Å². The minimum atomic E-state index is -0.233. The lowest BCUT2D eigenvalue weighted by Gasteiger charge is -2.26. The van der Waals surface area contributed by atoms with Crippen LogP contribution >= 0.6 is 23.1 Å². The number of piperidine rings is 1. The van der Waals surface area contributed by atoms with Gasteiger partial charge in [0.2, 0.25) is 0 Å². The molecule has 1 aromatic heterocycles. The second-order valence-electron chi connectivity index (χ2n) is 11.2. The topological polar surface area (TPSA) is 78.6 Å². The van der Waals surface area contributed by atoms with Crippen LogP contribution in [-0.4, -0.2) is 47.2 Å². The summed E-state index contributed by atoms with van der Waals surface area (Å²) < 4.78 is 0. The number of likely N-dealkylation sites (tertiary alicyclic amines) is 1. The quantitative estimate of drug-likeness (QED) is 0.0474. The van der Waals surface area contributed by atoms with Gasteiger partial charge >= 0.3 is 0 Å². The second-order valence-corrected chi connectivity index (χ2v) is 13.5. The second kappa shape index (κ2) is 26.6. The summed E-state index contributed by atoms with van der Waals surface area (Å²) >= 11 is 3.33. The highest BCUT2D eigenvalue weighted by molar-refractivity contribution is 7.99. The van der Waals surface area contributed by atoms with E-state index in [1.54, 1.807) is 29.2 Å². The fraction of sp³-hybridized carbons (Fsp3) is 0.463. The van der Waals surface area contributed by atoms with Gasteiger partial charge in [-0.2, -0.15) is 0 Å². The number of benzene rings is 3. The van der Waals surface area contributed by atoms with Crippen LogP contribution in [0.15, 0.2) is 83.1 Å². The number of aliphatic hydroxyl groups excluding tert-OH is 1. The lowest BCUT2D eigenvalue weighted by Crippen LogP contribution is -2.29. The van der Waals surface area contributed by atoms with Gasteiger partial charge in [0.15, 0.2) is 0 Å².